The molecule has 0 unspecified atom stereocenters. The molecule has 0 aliphatic carbocycles. The summed E-state index contributed by atoms with van der Waals surface area (Å²) in [5, 5.41) is 12.2. The fourth-order valence-electron chi connectivity index (χ4n) is 1.74. The zero-order valence-corrected chi connectivity index (χ0v) is 11.5. The van der Waals surface area contributed by atoms with Crippen molar-refractivity contribution in [2.24, 2.45) is 0 Å². The number of carbonyl (C=O) groups is 1. The highest BCUT2D eigenvalue weighted by molar-refractivity contribution is 6.04. The van der Waals surface area contributed by atoms with Crippen molar-refractivity contribution in [3.8, 4) is 11.6 Å². The first kappa shape index (κ1) is 13.8. The number of ether oxygens (including phenoxy) is 1. The van der Waals surface area contributed by atoms with E-state index in [-0.39, 0.29) is 17.6 Å². The number of nitrogens with zero attached hydrogens (tertiary/aromatic N) is 2. The number of aromatic hydroxyl groups is 1. The number of nitrogens with one attached hydrogen (secondary N) is 1. The fraction of sp³-hybridized carbons (Fsp3) is 0.214. The minimum absolute atomic E-state index is 0.0698. The zero-order valence-electron chi connectivity index (χ0n) is 11.5. The zero-order chi connectivity index (χ0) is 14.7. The molecule has 0 fully saturated rings. The molecule has 2 rings (SSSR count). The van der Waals surface area contributed by atoms with Crippen LogP contribution >= 0.6 is 0 Å². The molecule has 0 saturated heterocycles. The summed E-state index contributed by atoms with van der Waals surface area (Å²) in [5.74, 6) is 0.224. The Balaban J connectivity index is 2.28. The molecule has 6 nitrogen and oxygen atoms in total. The number of phenols is 1. The van der Waals surface area contributed by atoms with E-state index in [1.807, 2.05) is 0 Å². The molecule has 1 heterocycles. The lowest BCUT2D eigenvalue weighted by molar-refractivity contribution is 0.102. The van der Waals surface area contributed by atoms with Crippen LogP contribution in [0.15, 0.2) is 24.3 Å². The summed E-state index contributed by atoms with van der Waals surface area (Å²) in [6.07, 6.45) is 0. The van der Waals surface area contributed by atoms with Crippen molar-refractivity contribution in [3.63, 3.8) is 0 Å². The Morgan fingerprint density at radius 3 is 2.75 bits per heavy atom. The maximum absolute atomic E-state index is 12.2. The van der Waals surface area contributed by atoms with Gasteiger partial charge >= 0.3 is 0 Å². The summed E-state index contributed by atoms with van der Waals surface area (Å²) in [7, 11) is 1.49. The van der Waals surface area contributed by atoms with Gasteiger partial charge in [-0.2, -0.15) is 4.98 Å². The van der Waals surface area contributed by atoms with Crippen molar-refractivity contribution in [2.45, 2.75) is 13.8 Å². The van der Waals surface area contributed by atoms with E-state index >= 15 is 0 Å². The molecule has 2 aromatic rings. The van der Waals surface area contributed by atoms with Crippen LogP contribution in [0.5, 0.6) is 11.6 Å². The van der Waals surface area contributed by atoms with E-state index in [0.29, 0.717) is 22.7 Å². The number of rotatable bonds is 3. The number of benzene rings is 1. The Kier molecular flexibility index (Phi) is 3.84. The Morgan fingerprint density at radius 1 is 1.30 bits per heavy atom. The third kappa shape index (κ3) is 2.85. The number of hydrogen-bond donors (Lipinski definition) is 2. The van der Waals surface area contributed by atoms with E-state index in [2.05, 4.69) is 15.3 Å². The van der Waals surface area contributed by atoms with E-state index in [0.717, 1.165) is 0 Å². The SMILES string of the molecule is COc1cc(C)nc(NC(=O)c2cccc(O)c2C)n1. The second kappa shape index (κ2) is 5.56. The second-order valence-corrected chi connectivity index (χ2v) is 4.28. The average Bonchev–Trinajstić information content (AvgIpc) is 2.41. The first-order valence-electron chi connectivity index (χ1n) is 6.01. The predicted molar refractivity (Wildman–Crippen MR) is 74.1 cm³/mol. The van der Waals surface area contributed by atoms with Gasteiger partial charge in [0.25, 0.3) is 5.91 Å². The normalized spacial score (nSPS) is 10.2. The Hall–Kier alpha value is -2.63. The summed E-state index contributed by atoms with van der Waals surface area (Å²) >= 11 is 0. The second-order valence-electron chi connectivity index (χ2n) is 4.28. The van der Waals surface area contributed by atoms with Gasteiger partial charge in [0.2, 0.25) is 11.8 Å². The summed E-state index contributed by atoms with van der Waals surface area (Å²) in [5.41, 5.74) is 1.55. The van der Waals surface area contributed by atoms with Gasteiger partial charge < -0.3 is 9.84 Å². The molecule has 20 heavy (non-hydrogen) atoms. The summed E-state index contributed by atoms with van der Waals surface area (Å²) < 4.78 is 5.02. The number of amides is 1. The highest BCUT2D eigenvalue weighted by Gasteiger charge is 2.13. The maximum Gasteiger partial charge on any atom is 0.258 e. The Bertz CT molecular complexity index is 656. The fourth-order valence-corrected chi connectivity index (χ4v) is 1.74. The van der Waals surface area contributed by atoms with Gasteiger partial charge in [0, 0.05) is 22.9 Å². The van der Waals surface area contributed by atoms with Crippen LogP contribution in [0.4, 0.5) is 5.95 Å². The van der Waals surface area contributed by atoms with Crippen molar-refractivity contribution in [2.75, 3.05) is 12.4 Å². The van der Waals surface area contributed by atoms with E-state index in [1.54, 1.807) is 32.0 Å². The van der Waals surface area contributed by atoms with E-state index in [4.69, 9.17) is 4.74 Å². The number of aromatic nitrogens is 2. The van der Waals surface area contributed by atoms with E-state index in [1.165, 1.54) is 13.2 Å². The summed E-state index contributed by atoms with van der Waals surface area (Å²) in [6.45, 7) is 3.45. The molecule has 6 heteroatoms. The van der Waals surface area contributed by atoms with Crippen LogP contribution in [0, 0.1) is 13.8 Å². The highest BCUT2D eigenvalue weighted by Crippen LogP contribution is 2.20. The molecule has 0 aliphatic heterocycles. The van der Waals surface area contributed by atoms with Crippen molar-refractivity contribution in [1.29, 1.82) is 0 Å². The Labute approximate surface area is 116 Å². The number of hydrogen-bond acceptors (Lipinski definition) is 5. The first-order valence-corrected chi connectivity index (χ1v) is 6.01. The van der Waals surface area contributed by atoms with Gasteiger partial charge in [0.15, 0.2) is 0 Å². The minimum Gasteiger partial charge on any atom is -0.508 e. The lowest BCUT2D eigenvalue weighted by atomic mass is 10.1. The standard InChI is InChI=1S/C14H15N3O3/c1-8-7-12(20-3)16-14(15-8)17-13(19)10-5-4-6-11(18)9(10)2/h4-7,18H,1-3H3,(H,15,16,17,19). The molecule has 1 aromatic carbocycles. The monoisotopic (exact) mass is 273 g/mol. The van der Waals surface area contributed by atoms with Crippen LogP contribution in [-0.2, 0) is 0 Å². The molecule has 1 amide bonds. The highest BCUT2D eigenvalue weighted by atomic mass is 16.5. The molecule has 0 atom stereocenters. The first-order chi connectivity index (χ1) is 9.51. The Morgan fingerprint density at radius 2 is 2.05 bits per heavy atom. The number of carbonyl (C=O) groups excluding carboxylic acids is 1. The third-order valence-corrected chi connectivity index (χ3v) is 2.82. The number of anilines is 1. The van der Waals surface area contributed by atoms with Gasteiger partial charge in [-0.25, -0.2) is 4.98 Å². The van der Waals surface area contributed by atoms with Gasteiger partial charge in [0.1, 0.15) is 5.75 Å². The average molecular weight is 273 g/mol. The summed E-state index contributed by atoms with van der Waals surface area (Å²) in [4.78, 5) is 20.3. The molecular weight excluding hydrogens is 258 g/mol. The molecule has 1 aromatic heterocycles. The molecule has 0 aliphatic rings. The smallest absolute Gasteiger partial charge is 0.258 e. The summed E-state index contributed by atoms with van der Waals surface area (Å²) in [6, 6.07) is 6.42. The van der Waals surface area contributed by atoms with Gasteiger partial charge in [0.05, 0.1) is 7.11 Å². The van der Waals surface area contributed by atoms with Crippen LogP contribution < -0.4 is 10.1 Å². The number of methoxy groups -OCH3 is 1. The van der Waals surface area contributed by atoms with Crippen molar-refractivity contribution in [3.05, 3.63) is 41.1 Å². The number of phenolic OH excluding ortho intramolecular Hbond substituents is 1. The van der Waals surface area contributed by atoms with Gasteiger partial charge in [-0.3, -0.25) is 10.1 Å². The van der Waals surface area contributed by atoms with Crippen molar-refractivity contribution < 1.29 is 14.6 Å². The van der Waals surface area contributed by atoms with Crippen LogP contribution in [0.3, 0.4) is 0 Å². The van der Waals surface area contributed by atoms with Gasteiger partial charge in [-0.05, 0) is 26.0 Å². The molecule has 0 radical (unpaired) electrons. The van der Waals surface area contributed by atoms with Crippen LogP contribution in [0.1, 0.15) is 21.6 Å². The van der Waals surface area contributed by atoms with Crippen LogP contribution in [0.25, 0.3) is 0 Å². The molecule has 0 spiro atoms. The third-order valence-electron chi connectivity index (χ3n) is 2.82. The largest absolute Gasteiger partial charge is 0.508 e. The molecule has 0 bridgehead atoms. The van der Waals surface area contributed by atoms with Crippen molar-refractivity contribution >= 4 is 11.9 Å². The van der Waals surface area contributed by atoms with Crippen LogP contribution in [-0.4, -0.2) is 28.1 Å². The van der Waals surface area contributed by atoms with Gasteiger partial charge in [-0.15, -0.1) is 0 Å². The number of aryl methyl sites for hydroxylation is 1. The molecular formula is C14H15N3O3. The van der Waals surface area contributed by atoms with Gasteiger partial charge in [-0.1, -0.05) is 6.07 Å². The molecule has 104 valence electrons. The lowest BCUT2D eigenvalue weighted by Crippen LogP contribution is -2.16. The van der Waals surface area contributed by atoms with Crippen LogP contribution in [0.2, 0.25) is 0 Å². The van der Waals surface area contributed by atoms with E-state index < -0.39 is 0 Å². The molecule has 2 N–H and O–H groups in total. The topological polar surface area (TPSA) is 84.3 Å². The molecule has 0 saturated carbocycles. The van der Waals surface area contributed by atoms with E-state index in [9.17, 15) is 9.90 Å². The minimum atomic E-state index is -0.383. The van der Waals surface area contributed by atoms with Crippen molar-refractivity contribution in [1.82, 2.24) is 9.97 Å². The lowest BCUT2D eigenvalue weighted by Gasteiger charge is -2.09. The predicted octanol–water partition coefficient (Wildman–Crippen LogP) is 2.06. The maximum atomic E-state index is 12.2. The quantitative estimate of drug-likeness (QED) is 0.894.